The molecule has 2 aromatic heterocycles. The van der Waals surface area contributed by atoms with Gasteiger partial charge >= 0.3 is 0 Å². The molecule has 0 aliphatic heterocycles. The van der Waals surface area contributed by atoms with Gasteiger partial charge in [0.05, 0.1) is 0 Å². The second-order valence-corrected chi connectivity index (χ2v) is 6.09. The Kier molecular flexibility index (Phi) is 3.76. The Hall–Kier alpha value is -0.970. The summed E-state index contributed by atoms with van der Waals surface area (Å²) >= 11 is 3.73. The van der Waals surface area contributed by atoms with E-state index in [0.29, 0.717) is 16.5 Å². The Labute approximate surface area is 110 Å². The lowest BCUT2D eigenvalue weighted by molar-refractivity contribution is 0.565. The second kappa shape index (κ2) is 5.12. The summed E-state index contributed by atoms with van der Waals surface area (Å²) in [5.41, 5.74) is 2.15. The summed E-state index contributed by atoms with van der Waals surface area (Å²) in [6.45, 7) is 6.46. The predicted molar refractivity (Wildman–Crippen MR) is 71.4 cm³/mol. The Bertz CT molecular complexity index is 506. The number of halogens is 1. The van der Waals surface area contributed by atoms with Crippen LogP contribution in [0, 0.1) is 12.8 Å². The van der Waals surface area contributed by atoms with Crippen LogP contribution in [-0.2, 0) is 6.42 Å². The van der Waals surface area contributed by atoms with E-state index in [1.165, 1.54) is 0 Å². The molecule has 0 fully saturated rings. The summed E-state index contributed by atoms with van der Waals surface area (Å²) in [6.07, 6.45) is 3.65. The van der Waals surface area contributed by atoms with Crippen molar-refractivity contribution in [2.24, 2.45) is 5.92 Å². The Morgan fingerprint density at radius 1 is 1.41 bits per heavy atom. The van der Waals surface area contributed by atoms with E-state index >= 15 is 0 Å². The van der Waals surface area contributed by atoms with Crippen molar-refractivity contribution in [2.75, 3.05) is 0 Å². The van der Waals surface area contributed by atoms with Gasteiger partial charge in [-0.2, -0.15) is 10.1 Å². The molecule has 92 valence electrons. The molecule has 2 rings (SSSR count). The van der Waals surface area contributed by atoms with Gasteiger partial charge in [0, 0.05) is 22.6 Å². The van der Waals surface area contributed by atoms with Crippen molar-refractivity contribution in [3.63, 3.8) is 0 Å². The second-order valence-electron chi connectivity index (χ2n) is 4.79. The number of hydrogen-bond acceptors (Lipinski definition) is 3. The minimum absolute atomic E-state index is 0.469. The molecule has 0 saturated carbocycles. The third kappa shape index (κ3) is 3.03. The highest BCUT2D eigenvalue weighted by Gasteiger charge is 2.12. The van der Waals surface area contributed by atoms with Crippen LogP contribution in [0.1, 0.15) is 31.7 Å². The van der Waals surface area contributed by atoms with E-state index in [1.54, 1.807) is 6.33 Å². The van der Waals surface area contributed by atoms with Crippen LogP contribution >= 0.6 is 15.9 Å². The lowest BCUT2D eigenvalue weighted by atomic mass is 10.0. The van der Waals surface area contributed by atoms with Crippen molar-refractivity contribution in [1.29, 1.82) is 0 Å². The molecule has 0 aromatic carbocycles. The molecule has 0 aliphatic carbocycles. The van der Waals surface area contributed by atoms with Gasteiger partial charge in [-0.3, -0.25) is 0 Å². The van der Waals surface area contributed by atoms with Crippen LogP contribution in [0.15, 0.2) is 12.4 Å². The molecular formula is C12H17BrN4. The lowest BCUT2D eigenvalue weighted by Crippen LogP contribution is -2.11. The molecule has 1 unspecified atom stereocenters. The first kappa shape index (κ1) is 12.5. The van der Waals surface area contributed by atoms with E-state index < -0.39 is 0 Å². The first-order valence-corrected chi connectivity index (χ1v) is 6.78. The van der Waals surface area contributed by atoms with Crippen LogP contribution in [0.2, 0.25) is 0 Å². The monoisotopic (exact) mass is 296 g/mol. The van der Waals surface area contributed by atoms with Gasteiger partial charge in [-0.1, -0.05) is 29.8 Å². The van der Waals surface area contributed by atoms with E-state index in [4.69, 9.17) is 0 Å². The number of hydrogen-bond donors (Lipinski definition) is 0. The molecule has 2 heterocycles. The van der Waals surface area contributed by atoms with Gasteiger partial charge in [-0.05, 0) is 25.3 Å². The zero-order valence-corrected chi connectivity index (χ0v) is 12.0. The van der Waals surface area contributed by atoms with Crippen molar-refractivity contribution in [3.05, 3.63) is 23.8 Å². The fourth-order valence-electron chi connectivity index (χ4n) is 1.97. The maximum Gasteiger partial charge on any atom is 0.252 e. The number of rotatable bonds is 4. The molecule has 0 radical (unpaired) electrons. The largest absolute Gasteiger partial charge is 0.252 e. The molecule has 5 heteroatoms. The maximum atomic E-state index is 4.34. The third-order valence-electron chi connectivity index (χ3n) is 2.61. The van der Waals surface area contributed by atoms with E-state index in [9.17, 15) is 0 Å². The molecule has 0 N–H and O–H groups in total. The van der Waals surface area contributed by atoms with Crippen LogP contribution in [0.3, 0.4) is 0 Å². The molecule has 0 bridgehead atoms. The Morgan fingerprint density at radius 3 is 2.88 bits per heavy atom. The van der Waals surface area contributed by atoms with Crippen LogP contribution in [0.25, 0.3) is 5.78 Å². The van der Waals surface area contributed by atoms with Gasteiger partial charge in [0.15, 0.2) is 0 Å². The molecule has 0 aliphatic rings. The summed E-state index contributed by atoms with van der Waals surface area (Å²) < 4.78 is 1.82. The number of alkyl halides is 1. The smallest absolute Gasteiger partial charge is 0.216 e. The van der Waals surface area contributed by atoms with Crippen LogP contribution in [0.4, 0.5) is 0 Å². The van der Waals surface area contributed by atoms with Gasteiger partial charge in [0.2, 0.25) is 0 Å². The molecule has 0 spiro atoms. The highest BCUT2D eigenvalue weighted by Crippen LogP contribution is 2.18. The normalized spacial score (nSPS) is 13.5. The molecule has 0 amide bonds. The summed E-state index contributed by atoms with van der Waals surface area (Å²) in [6, 6.07) is 2.08. The Morgan fingerprint density at radius 2 is 2.18 bits per heavy atom. The van der Waals surface area contributed by atoms with Gasteiger partial charge in [-0.15, -0.1) is 0 Å². The average molecular weight is 297 g/mol. The van der Waals surface area contributed by atoms with Gasteiger partial charge in [-0.25, -0.2) is 9.50 Å². The van der Waals surface area contributed by atoms with Crippen molar-refractivity contribution < 1.29 is 0 Å². The molecule has 4 nitrogen and oxygen atoms in total. The molecule has 1 atom stereocenters. The highest BCUT2D eigenvalue weighted by molar-refractivity contribution is 9.09. The van der Waals surface area contributed by atoms with Crippen LogP contribution in [-0.4, -0.2) is 24.4 Å². The topological polar surface area (TPSA) is 43.1 Å². The van der Waals surface area contributed by atoms with Crippen molar-refractivity contribution in [1.82, 2.24) is 19.6 Å². The first-order chi connectivity index (χ1) is 8.06. The van der Waals surface area contributed by atoms with Crippen LogP contribution in [0.5, 0.6) is 0 Å². The fraction of sp³-hybridized carbons (Fsp3) is 0.583. The molecule has 2 aromatic rings. The van der Waals surface area contributed by atoms with Crippen molar-refractivity contribution in [3.8, 4) is 0 Å². The summed E-state index contributed by atoms with van der Waals surface area (Å²) in [5.74, 6) is 1.37. The van der Waals surface area contributed by atoms with Gasteiger partial charge in [0.25, 0.3) is 5.78 Å². The number of aryl methyl sites for hydroxylation is 1. The molecule has 17 heavy (non-hydrogen) atoms. The zero-order valence-electron chi connectivity index (χ0n) is 10.4. The standard InChI is InChI=1S/C12H17BrN4/c1-8(2)4-10(13)6-11-5-9(3)16-12-14-7-15-17(11)12/h5,7-8,10H,4,6H2,1-3H3. The minimum Gasteiger partial charge on any atom is -0.216 e. The SMILES string of the molecule is Cc1cc(CC(Br)CC(C)C)n2ncnc2n1. The number of fused-ring (bicyclic) bond motifs is 1. The van der Waals surface area contributed by atoms with Gasteiger partial charge in [0.1, 0.15) is 6.33 Å². The van der Waals surface area contributed by atoms with Crippen molar-refractivity contribution in [2.45, 2.75) is 38.4 Å². The predicted octanol–water partition coefficient (Wildman–Crippen LogP) is 2.78. The third-order valence-corrected chi connectivity index (χ3v) is 3.31. The zero-order chi connectivity index (χ0) is 12.4. The maximum absolute atomic E-state index is 4.34. The fourth-order valence-corrected chi connectivity index (χ4v) is 3.05. The molecule has 0 saturated heterocycles. The van der Waals surface area contributed by atoms with Crippen molar-refractivity contribution >= 4 is 21.7 Å². The first-order valence-electron chi connectivity index (χ1n) is 5.86. The van der Waals surface area contributed by atoms with E-state index in [2.05, 4.69) is 50.9 Å². The number of aromatic nitrogens is 4. The Balaban J connectivity index is 2.25. The highest BCUT2D eigenvalue weighted by atomic mass is 79.9. The summed E-state index contributed by atoms with van der Waals surface area (Å²) in [5, 5.41) is 4.21. The van der Waals surface area contributed by atoms with E-state index in [-0.39, 0.29) is 0 Å². The van der Waals surface area contributed by atoms with Crippen LogP contribution < -0.4 is 0 Å². The summed E-state index contributed by atoms with van der Waals surface area (Å²) in [7, 11) is 0. The number of nitrogens with zero attached hydrogens (tertiary/aromatic N) is 4. The summed E-state index contributed by atoms with van der Waals surface area (Å²) in [4.78, 5) is 8.94. The van der Waals surface area contributed by atoms with Gasteiger partial charge < -0.3 is 0 Å². The lowest BCUT2D eigenvalue weighted by Gasteiger charge is -2.13. The van der Waals surface area contributed by atoms with E-state index in [1.807, 2.05) is 11.4 Å². The van der Waals surface area contributed by atoms with E-state index in [0.717, 1.165) is 24.2 Å². The minimum atomic E-state index is 0.469. The quantitative estimate of drug-likeness (QED) is 0.815. The average Bonchev–Trinajstić information content (AvgIpc) is 2.63. The molecular weight excluding hydrogens is 280 g/mol.